The molecule has 1 aliphatic heterocycles. The molecule has 0 spiro atoms. The lowest BCUT2D eigenvalue weighted by Crippen LogP contribution is -2.40. The fourth-order valence-electron chi connectivity index (χ4n) is 3.16. The number of nitrogens with zero attached hydrogens (tertiary/aromatic N) is 1. The molecule has 32 heavy (non-hydrogen) atoms. The van der Waals surface area contributed by atoms with Gasteiger partial charge in [-0.1, -0.05) is 13.8 Å². The van der Waals surface area contributed by atoms with Crippen molar-refractivity contribution in [1.29, 1.82) is 0 Å². The standard InChI is InChI=1S/C23H30N2O6S/c1-3-13-30-21-10-7-19(17-22(21)31-14-4-2)24-23(26)18-5-8-20(9-6-18)32(27,28)25-11-15-29-16-12-25/h5-10,17H,3-4,11-16H2,1-2H3,(H,24,26). The van der Waals surface area contributed by atoms with Crippen LogP contribution in [0, 0.1) is 0 Å². The second kappa shape index (κ2) is 11.3. The molecule has 1 heterocycles. The second-order valence-electron chi connectivity index (χ2n) is 7.35. The summed E-state index contributed by atoms with van der Waals surface area (Å²) >= 11 is 0. The molecular weight excluding hydrogens is 432 g/mol. The molecule has 1 amide bonds. The molecule has 0 atom stereocenters. The van der Waals surface area contributed by atoms with E-state index < -0.39 is 10.0 Å². The second-order valence-corrected chi connectivity index (χ2v) is 9.29. The fraction of sp³-hybridized carbons (Fsp3) is 0.435. The van der Waals surface area contributed by atoms with E-state index in [1.54, 1.807) is 18.2 Å². The largest absolute Gasteiger partial charge is 0.490 e. The third-order valence-corrected chi connectivity index (χ3v) is 6.76. The summed E-state index contributed by atoms with van der Waals surface area (Å²) in [5, 5.41) is 2.83. The molecule has 1 saturated heterocycles. The molecular formula is C23H30N2O6S. The molecule has 0 saturated carbocycles. The van der Waals surface area contributed by atoms with Crippen LogP contribution in [0.4, 0.5) is 5.69 Å². The minimum Gasteiger partial charge on any atom is -0.490 e. The van der Waals surface area contributed by atoms with Crippen LogP contribution in [0.25, 0.3) is 0 Å². The van der Waals surface area contributed by atoms with E-state index in [-0.39, 0.29) is 10.8 Å². The molecule has 2 aromatic carbocycles. The van der Waals surface area contributed by atoms with Gasteiger partial charge >= 0.3 is 0 Å². The van der Waals surface area contributed by atoms with E-state index in [1.165, 1.54) is 28.6 Å². The van der Waals surface area contributed by atoms with Crippen LogP contribution in [0.5, 0.6) is 11.5 Å². The lowest BCUT2D eigenvalue weighted by atomic mass is 10.2. The number of carbonyl (C=O) groups is 1. The summed E-state index contributed by atoms with van der Waals surface area (Å²) in [6.07, 6.45) is 1.73. The van der Waals surface area contributed by atoms with Crippen LogP contribution in [-0.2, 0) is 14.8 Å². The number of hydrogen-bond donors (Lipinski definition) is 1. The highest BCUT2D eigenvalue weighted by atomic mass is 32.2. The molecule has 3 rings (SSSR count). The molecule has 0 bridgehead atoms. The van der Waals surface area contributed by atoms with Gasteiger partial charge in [0.15, 0.2) is 11.5 Å². The van der Waals surface area contributed by atoms with Crippen molar-refractivity contribution in [2.45, 2.75) is 31.6 Å². The molecule has 1 fully saturated rings. The quantitative estimate of drug-likeness (QED) is 0.580. The number of anilines is 1. The van der Waals surface area contributed by atoms with Crippen molar-refractivity contribution in [3.63, 3.8) is 0 Å². The first kappa shape index (κ1) is 24.0. The number of hydrogen-bond acceptors (Lipinski definition) is 6. The number of morpholine rings is 1. The van der Waals surface area contributed by atoms with Crippen LogP contribution in [0.1, 0.15) is 37.0 Å². The summed E-state index contributed by atoms with van der Waals surface area (Å²) in [7, 11) is -3.60. The summed E-state index contributed by atoms with van der Waals surface area (Å²) in [6, 6.07) is 11.2. The maximum atomic E-state index is 12.7. The number of benzene rings is 2. The Kier molecular flexibility index (Phi) is 8.49. The lowest BCUT2D eigenvalue weighted by Gasteiger charge is -2.26. The summed E-state index contributed by atoms with van der Waals surface area (Å²) < 4.78 is 43.6. The maximum Gasteiger partial charge on any atom is 0.255 e. The number of sulfonamides is 1. The monoisotopic (exact) mass is 462 g/mol. The van der Waals surface area contributed by atoms with E-state index in [0.717, 1.165) is 12.8 Å². The van der Waals surface area contributed by atoms with Gasteiger partial charge in [0.05, 0.1) is 31.3 Å². The SMILES string of the molecule is CCCOc1ccc(NC(=O)c2ccc(S(=O)(=O)N3CCOCC3)cc2)cc1OCCC. The molecule has 9 heteroatoms. The number of carbonyl (C=O) groups excluding carboxylic acids is 1. The van der Waals surface area contributed by atoms with Crippen LogP contribution < -0.4 is 14.8 Å². The van der Waals surface area contributed by atoms with Crippen LogP contribution in [0.3, 0.4) is 0 Å². The van der Waals surface area contributed by atoms with Crippen LogP contribution >= 0.6 is 0 Å². The summed E-state index contributed by atoms with van der Waals surface area (Å²) in [4.78, 5) is 12.9. The van der Waals surface area contributed by atoms with Crippen molar-refractivity contribution in [2.24, 2.45) is 0 Å². The fourth-order valence-corrected chi connectivity index (χ4v) is 4.57. The number of rotatable bonds is 10. The maximum absolute atomic E-state index is 12.7. The highest BCUT2D eigenvalue weighted by Gasteiger charge is 2.26. The van der Waals surface area contributed by atoms with Crippen molar-refractivity contribution >= 4 is 21.6 Å². The first-order valence-corrected chi connectivity index (χ1v) is 12.3. The molecule has 0 aromatic heterocycles. The van der Waals surface area contributed by atoms with Crippen molar-refractivity contribution in [1.82, 2.24) is 4.31 Å². The Morgan fingerprint density at radius 3 is 2.22 bits per heavy atom. The van der Waals surface area contributed by atoms with E-state index >= 15 is 0 Å². The van der Waals surface area contributed by atoms with Gasteiger partial charge in [-0.2, -0.15) is 4.31 Å². The average molecular weight is 463 g/mol. The average Bonchev–Trinajstić information content (AvgIpc) is 2.82. The topological polar surface area (TPSA) is 94.2 Å². The zero-order chi connectivity index (χ0) is 23.0. The Hall–Kier alpha value is -2.62. The van der Waals surface area contributed by atoms with Gasteiger partial charge in [0, 0.05) is 30.4 Å². The molecule has 0 aliphatic carbocycles. The Labute approximate surface area is 189 Å². The van der Waals surface area contributed by atoms with Gasteiger partial charge in [0.2, 0.25) is 10.0 Å². The first-order chi connectivity index (χ1) is 15.5. The van der Waals surface area contributed by atoms with Gasteiger partial charge in [0.1, 0.15) is 0 Å². The number of amides is 1. The Balaban J connectivity index is 1.71. The highest BCUT2D eigenvalue weighted by molar-refractivity contribution is 7.89. The summed E-state index contributed by atoms with van der Waals surface area (Å²) in [5.74, 6) is 0.866. The Morgan fingerprint density at radius 2 is 1.59 bits per heavy atom. The zero-order valence-corrected chi connectivity index (χ0v) is 19.3. The smallest absolute Gasteiger partial charge is 0.255 e. The van der Waals surface area contributed by atoms with Gasteiger partial charge in [-0.05, 0) is 49.2 Å². The van der Waals surface area contributed by atoms with Crippen molar-refractivity contribution in [3.8, 4) is 11.5 Å². The summed E-state index contributed by atoms with van der Waals surface area (Å²) in [5.41, 5.74) is 0.920. The molecule has 8 nitrogen and oxygen atoms in total. The molecule has 2 aromatic rings. The normalized spacial score (nSPS) is 14.7. The van der Waals surface area contributed by atoms with E-state index in [0.29, 0.717) is 62.3 Å². The van der Waals surface area contributed by atoms with Gasteiger partial charge in [0.25, 0.3) is 5.91 Å². The Bertz CT molecular complexity index is 1000. The van der Waals surface area contributed by atoms with Crippen LogP contribution in [-0.4, -0.2) is 58.1 Å². The Morgan fingerprint density at radius 1 is 0.969 bits per heavy atom. The van der Waals surface area contributed by atoms with Gasteiger partial charge in [-0.15, -0.1) is 0 Å². The lowest BCUT2D eigenvalue weighted by molar-refractivity contribution is 0.0730. The minimum atomic E-state index is -3.60. The van der Waals surface area contributed by atoms with Crippen LogP contribution in [0.2, 0.25) is 0 Å². The molecule has 174 valence electrons. The van der Waals surface area contributed by atoms with Crippen molar-refractivity contribution < 1.29 is 27.4 Å². The third kappa shape index (κ3) is 5.99. The molecule has 1 aliphatic rings. The van der Waals surface area contributed by atoms with E-state index in [1.807, 2.05) is 13.8 Å². The minimum absolute atomic E-state index is 0.156. The third-order valence-electron chi connectivity index (χ3n) is 4.85. The van der Waals surface area contributed by atoms with Crippen molar-refractivity contribution in [2.75, 3.05) is 44.8 Å². The van der Waals surface area contributed by atoms with Gasteiger partial charge < -0.3 is 19.5 Å². The predicted octanol–water partition coefficient (Wildman–Crippen LogP) is 3.54. The molecule has 1 N–H and O–H groups in total. The first-order valence-electron chi connectivity index (χ1n) is 10.8. The zero-order valence-electron chi connectivity index (χ0n) is 18.5. The van der Waals surface area contributed by atoms with Gasteiger partial charge in [-0.3, -0.25) is 4.79 Å². The van der Waals surface area contributed by atoms with Gasteiger partial charge in [-0.25, -0.2) is 8.42 Å². The summed E-state index contributed by atoms with van der Waals surface area (Å²) in [6.45, 7) is 6.57. The number of ether oxygens (including phenoxy) is 3. The predicted molar refractivity (Wildman–Crippen MR) is 122 cm³/mol. The van der Waals surface area contributed by atoms with E-state index in [2.05, 4.69) is 5.32 Å². The van der Waals surface area contributed by atoms with Crippen LogP contribution in [0.15, 0.2) is 47.4 Å². The van der Waals surface area contributed by atoms with Crippen molar-refractivity contribution in [3.05, 3.63) is 48.0 Å². The molecule has 0 radical (unpaired) electrons. The highest BCUT2D eigenvalue weighted by Crippen LogP contribution is 2.31. The van der Waals surface area contributed by atoms with E-state index in [4.69, 9.17) is 14.2 Å². The number of nitrogens with one attached hydrogen (secondary N) is 1. The van der Waals surface area contributed by atoms with E-state index in [9.17, 15) is 13.2 Å². The molecule has 0 unspecified atom stereocenters.